The number of aliphatic hydroxyl groups is 1. The van der Waals surface area contributed by atoms with Gasteiger partial charge >= 0.3 is 0 Å². The first-order valence-electron chi connectivity index (χ1n) is 8.16. The standard InChI is InChI=1S/C19H34O/c1-6-7-8-11-16(2)12-9-13-17(3)14-10-15-18(4)19(5)20/h11,14,18,20H,5-10,12-13,15H2,1-4H3/b16-11+,17-14+. The van der Waals surface area contributed by atoms with Gasteiger partial charge in [-0.2, -0.15) is 0 Å². The fraction of sp³-hybridized carbons (Fsp3) is 0.684. The molecule has 0 saturated carbocycles. The molecule has 0 aromatic heterocycles. The van der Waals surface area contributed by atoms with Gasteiger partial charge < -0.3 is 5.11 Å². The average molecular weight is 278 g/mol. The number of aliphatic hydroxyl groups excluding tert-OH is 1. The summed E-state index contributed by atoms with van der Waals surface area (Å²) in [5.74, 6) is 0.520. The first-order valence-corrected chi connectivity index (χ1v) is 8.16. The van der Waals surface area contributed by atoms with Gasteiger partial charge in [0.05, 0.1) is 5.76 Å². The normalized spacial score (nSPS) is 14.4. The van der Waals surface area contributed by atoms with E-state index in [1.165, 1.54) is 49.7 Å². The Balaban J connectivity index is 3.78. The highest BCUT2D eigenvalue weighted by Crippen LogP contribution is 2.16. The van der Waals surface area contributed by atoms with Crippen molar-refractivity contribution in [3.05, 3.63) is 35.6 Å². The molecule has 20 heavy (non-hydrogen) atoms. The lowest BCUT2D eigenvalue weighted by Gasteiger charge is -2.08. The molecule has 0 aliphatic rings. The molecule has 0 aliphatic carbocycles. The summed E-state index contributed by atoms with van der Waals surface area (Å²) in [5, 5.41) is 9.26. The number of allylic oxidation sites excluding steroid dienone is 5. The van der Waals surface area contributed by atoms with E-state index in [1.807, 2.05) is 6.92 Å². The van der Waals surface area contributed by atoms with Gasteiger partial charge in [0.15, 0.2) is 0 Å². The molecule has 1 heteroatoms. The first-order chi connectivity index (χ1) is 9.47. The van der Waals surface area contributed by atoms with Gasteiger partial charge in [-0.05, 0) is 52.4 Å². The minimum Gasteiger partial charge on any atom is -0.513 e. The predicted octanol–water partition coefficient (Wildman–Crippen LogP) is 6.73. The fourth-order valence-corrected chi connectivity index (χ4v) is 2.15. The van der Waals surface area contributed by atoms with Crippen LogP contribution in [0, 0.1) is 5.92 Å². The maximum absolute atomic E-state index is 9.26. The quantitative estimate of drug-likeness (QED) is 0.252. The summed E-state index contributed by atoms with van der Waals surface area (Å²) in [5.41, 5.74) is 3.01. The molecule has 0 amide bonds. The van der Waals surface area contributed by atoms with Crippen LogP contribution in [0.2, 0.25) is 0 Å². The molecule has 1 unspecified atom stereocenters. The summed E-state index contributed by atoms with van der Waals surface area (Å²) in [6.45, 7) is 12.3. The van der Waals surface area contributed by atoms with Crippen molar-refractivity contribution in [2.24, 2.45) is 5.92 Å². The first kappa shape index (κ1) is 19.0. The Morgan fingerprint density at radius 2 is 1.60 bits per heavy atom. The minimum absolute atomic E-state index is 0.211. The van der Waals surface area contributed by atoms with Crippen LogP contribution in [-0.4, -0.2) is 5.11 Å². The van der Waals surface area contributed by atoms with Crippen LogP contribution in [0.3, 0.4) is 0 Å². The van der Waals surface area contributed by atoms with E-state index in [-0.39, 0.29) is 5.92 Å². The molecule has 116 valence electrons. The second-order valence-electron chi connectivity index (χ2n) is 6.07. The van der Waals surface area contributed by atoms with Gasteiger partial charge in [-0.25, -0.2) is 0 Å². The lowest BCUT2D eigenvalue weighted by atomic mass is 10.0. The Morgan fingerprint density at radius 3 is 2.10 bits per heavy atom. The van der Waals surface area contributed by atoms with Crippen molar-refractivity contribution in [1.29, 1.82) is 0 Å². The Kier molecular flexibility index (Phi) is 11.2. The zero-order chi connectivity index (χ0) is 15.4. The molecule has 0 radical (unpaired) electrons. The van der Waals surface area contributed by atoms with E-state index in [0.717, 1.165) is 12.8 Å². The van der Waals surface area contributed by atoms with Gasteiger partial charge in [-0.3, -0.25) is 0 Å². The third-order valence-electron chi connectivity index (χ3n) is 3.85. The summed E-state index contributed by atoms with van der Waals surface area (Å²) in [6.07, 6.45) is 14.2. The number of rotatable bonds is 11. The zero-order valence-electron chi connectivity index (χ0n) is 14.0. The predicted molar refractivity (Wildman–Crippen MR) is 91.1 cm³/mol. The van der Waals surface area contributed by atoms with E-state index in [1.54, 1.807) is 0 Å². The third kappa shape index (κ3) is 10.9. The summed E-state index contributed by atoms with van der Waals surface area (Å²) in [7, 11) is 0. The second kappa shape index (κ2) is 11.8. The van der Waals surface area contributed by atoms with E-state index < -0.39 is 0 Å². The molecule has 0 heterocycles. The zero-order valence-corrected chi connectivity index (χ0v) is 14.0. The van der Waals surface area contributed by atoms with Crippen LogP contribution in [0.25, 0.3) is 0 Å². The molecule has 1 atom stereocenters. The minimum atomic E-state index is 0.211. The Hall–Kier alpha value is -0.980. The Morgan fingerprint density at radius 1 is 1.05 bits per heavy atom. The largest absolute Gasteiger partial charge is 0.513 e. The number of hydrogen-bond donors (Lipinski definition) is 1. The fourth-order valence-electron chi connectivity index (χ4n) is 2.15. The Labute approximate surface area is 126 Å². The van der Waals surface area contributed by atoms with Crippen molar-refractivity contribution < 1.29 is 5.11 Å². The van der Waals surface area contributed by atoms with Crippen LogP contribution in [0.15, 0.2) is 35.6 Å². The topological polar surface area (TPSA) is 20.2 Å². The molecular weight excluding hydrogens is 244 g/mol. The molecule has 0 aromatic carbocycles. The maximum Gasteiger partial charge on any atom is 0.0879 e. The number of hydrogen-bond acceptors (Lipinski definition) is 1. The van der Waals surface area contributed by atoms with Gasteiger partial charge in [0.1, 0.15) is 0 Å². The molecule has 1 nitrogen and oxygen atoms in total. The highest BCUT2D eigenvalue weighted by Gasteiger charge is 2.03. The van der Waals surface area contributed by atoms with E-state index >= 15 is 0 Å². The average Bonchev–Trinajstić information content (AvgIpc) is 2.38. The van der Waals surface area contributed by atoms with Crippen molar-refractivity contribution in [3.63, 3.8) is 0 Å². The lowest BCUT2D eigenvalue weighted by Crippen LogP contribution is -1.96. The summed E-state index contributed by atoms with van der Waals surface area (Å²) >= 11 is 0. The molecule has 1 N–H and O–H groups in total. The molecule has 0 rings (SSSR count). The van der Waals surface area contributed by atoms with Crippen LogP contribution in [-0.2, 0) is 0 Å². The second-order valence-corrected chi connectivity index (χ2v) is 6.07. The van der Waals surface area contributed by atoms with Crippen molar-refractivity contribution in [3.8, 4) is 0 Å². The Bertz CT molecular complexity index is 323. The van der Waals surface area contributed by atoms with E-state index in [4.69, 9.17) is 0 Å². The van der Waals surface area contributed by atoms with Gasteiger partial charge in [0.2, 0.25) is 0 Å². The maximum atomic E-state index is 9.26. The molecule has 0 spiro atoms. The van der Waals surface area contributed by atoms with Crippen LogP contribution in [0.4, 0.5) is 0 Å². The van der Waals surface area contributed by atoms with Crippen molar-refractivity contribution >= 4 is 0 Å². The van der Waals surface area contributed by atoms with Crippen LogP contribution >= 0.6 is 0 Å². The smallest absolute Gasteiger partial charge is 0.0879 e. The SMILES string of the molecule is C=C(O)C(C)CC/C=C(\C)CCC/C(C)=C/CCCC. The monoisotopic (exact) mass is 278 g/mol. The van der Waals surface area contributed by atoms with Crippen molar-refractivity contribution in [2.45, 2.75) is 79.1 Å². The highest BCUT2D eigenvalue weighted by molar-refractivity contribution is 5.02. The summed E-state index contributed by atoms with van der Waals surface area (Å²) in [4.78, 5) is 0. The third-order valence-corrected chi connectivity index (χ3v) is 3.85. The van der Waals surface area contributed by atoms with Gasteiger partial charge in [0, 0.05) is 5.92 Å². The molecule has 0 aliphatic heterocycles. The molecule has 0 aromatic rings. The van der Waals surface area contributed by atoms with Crippen LogP contribution in [0.1, 0.15) is 79.1 Å². The molecule has 0 fully saturated rings. The summed E-state index contributed by atoms with van der Waals surface area (Å²) in [6, 6.07) is 0. The highest BCUT2D eigenvalue weighted by atomic mass is 16.3. The van der Waals surface area contributed by atoms with Crippen LogP contribution < -0.4 is 0 Å². The molecular formula is C19H34O. The van der Waals surface area contributed by atoms with Gasteiger partial charge in [0.25, 0.3) is 0 Å². The van der Waals surface area contributed by atoms with E-state index in [9.17, 15) is 5.11 Å². The van der Waals surface area contributed by atoms with E-state index in [2.05, 4.69) is 39.5 Å². The van der Waals surface area contributed by atoms with E-state index in [0.29, 0.717) is 5.76 Å². The molecule has 0 saturated heterocycles. The van der Waals surface area contributed by atoms with Crippen LogP contribution in [0.5, 0.6) is 0 Å². The van der Waals surface area contributed by atoms with Gasteiger partial charge in [-0.1, -0.05) is 56.6 Å². The number of unbranched alkanes of at least 4 members (excludes halogenated alkanes) is 2. The van der Waals surface area contributed by atoms with Gasteiger partial charge in [-0.15, -0.1) is 0 Å². The van der Waals surface area contributed by atoms with Crippen molar-refractivity contribution in [1.82, 2.24) is 0 Å². The lowest BCUT2D eigenvalue weighted by molar-refractivity contribution is 0.335. The summed E-state index contributed by atoms with van der Waals surface area (Å²) < 4.78 is 0. The molecule has 0 bridgehead atoms. The van der Waals surface area contributed by atoms with Crippen molar-refractivity contribution in [2.75, 3.05) is 0 Å².